The van der Waals surface area contributed by atoms with E-state index in [9.17, 15) is 29.4 Å². The second kappa shape index (κ2) is 19.4. The van der Waals surface area contributed by atoms with Crippen LogP contribution in [0.25, 0.3) is 0 Å². The van der Waals surface area contributed by atoms with Gasteiger partial charge in [0.15, 0.2) is 0 Å². The molecule has 0 radical (unpaired) electrons. The molecular weight excluding hydrogens is 608 g/mol. The lowest BCUT2D eigenvalue weighted by Gasteiger charge is -2.17. The maximum atomic E-state index is 12.6. The van der Waals surface area contributed by atoms with Crippen LogP contribution in [0.4, 0.5) is 0 Å². The monoisotopic (exact) mass is 646 g/mol. The van der Waals surface area contributed by atoms with Crippen LogP contribution in [0.15, 0.2) is 133 Å². The Morgan fingerprint density at radius 1 is 0.438 bits per heavy atom. The summed E-state index contributed by atoms with van der Waals surface area (Å²) in [6, 6.07) is 39.8. The Morgan fingerprint density at radius 2 is 0.708 bits per heavy atom. The van der Waals surface area contributed by atoms with Gasteiger partial charge in [-0.15, -0.1) is 0 Å². The van der Waals surface area contributed by atoms with Gasteiger partial charge in [-0.3, -0.25) is 9.59 Å². The van der Waals surface area contributed by atoms with Crippen LogP contribution in [0.2, 0.25) is 0 Å². The Bertz CT molecular complexity index is 1630. The van der Waals surface area contributed by atoms with Crippen molar-refractivity contribution in [2.45, 2.75) is 26.2 Å². The first kappa shape index (κ1) is 36.4. The van der Waals surface area contributed by atoms with Gasteiger partial charge >= 0.3 is 0 Å². The minimum Gasteiger partial charge on any atom is -0.545 e. The molecule has 5 rings (SSSR count). The van der Waals surface area contributed by atoms with Gasteiger partial charge in [-0.1, -0.05) is 121 Å². The molecule has 0 spiro atoms. The fourth-order valence-corrected chi connectivity index (χ4v) is 4.35. The lowest BCUT2D eigenvalue weighted by molar-refractivity contribution is -0.386. The number of amides is 2. The molecule has 10 nitrogen and oxygen atoms in total. The first-order valence-electron chi connectivity index (χ1n) is 15.1. The number of hydrogen-bond acceptors (Lipinski definition) is 6. The molecule has 8 N–H and O–H groups in total. The molecule has 0 aliphatic rings. The smallest absolute Gasteiger partial charge is 0.252 e. The molecule has 10 heteroatoms. The fourth-order valence-electron chi connectivity index (χ4n) is 4.35. The van der Waals surface area contributed by atoms with Crippen molar-refractivity contribution in [3.05, 3.63) is 178 Å². The number of aromatic carboxylic acids is 2. The van der Waals surface area contributed by atoms with E-state index in [4.69, 9.17) is 0 Å². The third-order valence-electron chi connectivity index (χ3n) is 6.94. The van der Waals surface area contributed by atoms with Gasteiger partial charge in [-0.25, -0.2) is 0 Å². The first-order chi connectivity index (χ1) is 23.2. The number of carbonyl (C=O) groups excluding carboxylic acids is 4. The number of quaternary nitrogens is 2. The van der Waals surface area contributed by atoms with E-state index in [0.717, 1.165) is 36.3 Å². The Balaban J connectivity index is 0.000000316. The van der Waals surface area contributed by atoms with Crippen LogP contribution < -0.4 is 32.3 Å². The summed E-state index contributed by atoms with van der Waals surface area (Å²) >= 11 is 0. The minimum atomic E-state index is -1.73. The molecule has 48 heavy (non-hydrogen) atoms. The molecule has 0 atom stereocenters. The summed E-state index contributed by atoms with van der Waals surface area (Å²) in [5, 5.41) is 28.4. The molecule has 0 saturated carbocycles. The molecule has 5 aromatic rings. The Labute approximate surface area is 279 Å². The Kier molecular flexibility index (Phi) is 14.7. The van der Waals surface area contributed by atoms with E-state index in [1.54, 1.807) is 60.7 Å². The van der Waals surface area contributed by atoms with Crippen LogP contribution in [-0.4, -0.2) is 23.8 Å². The molecule has 0 aromatic heterocycles. The summed E-state index contributed by atoms with van der Waals surface area (Å²) in [6.45, 7) is 1.96. The van der Waals surface area contributed by atoms with Gasteiger partial charge in [0.1, 0.15) is 0 Å². The molecule has 0 saturated heterocycles. The average molecular weight is 647 g/mol. The SMILES string of the molecule is O=C([O-])c1cc(C(=O)NCc2ccccc2)c(C(=O)[O-])cc1C(=O)NCc1ccccc1.[NH3+]Cc1ccccc1.[NH3+]Cc1ccccc1. The van der Waals surface area contributed by atoms with Gasteiger partial charge < -0.3 is 41.9 Å². The van der Waals surface area contributed by atoms with Crippen molar-refractivity contribution < 1.29 is 40.9 Å². The van der Waals surface area contributed by atoms with Crippen molar-refractivity contribution in [1.82, 2.24) is 10.6 Å². The number of carboxylic acids is 2. The lowest BCUT2D eigenvalue weighted by Crippen LogP contribution is -2.47. The summed E-state index contributed by atoms with van der Waals surface area (Å²) in [6.07, 6.45) is 0. The zero-order valence-electron chi connectivity index (χ0n) is 26.4. The number of carbonyl (C=O) groups is 4. The summed E-state index contributed by atoms with van der Waals surface area (Å²) in [5.74, 6) is -5.10. The molecule has 0 unspecified atom stereocenters. The van der Waals surface area contributed by atoms with Gasteiger partial charge in [-0.05, 0) is 23.3 Å². The Morgan fingerprint density at radius 3 is 0.938 bits per heavy atom. The number of benzene rings is 5. The molecule has 5 aromatic carbocycles. The van der Waals surface area contributed by atoms with E-state index >= 15 is 0 Å². The molecule has 0 bridgehead atoms. The Hall–Kier alpha value is -6.10. The van der Waals surface area contributed by atoms with Crippen molar-refractivity contribution >= 4 is 23.8 Å². The summed E-state index contributed by atoms with van der Waals surface area (Å²) in [7, 11) is 0. The topological polar surface area (TPSA) is 194 Å². The largest absolute Gasteiger partial charge is 0.545 e. The molecule has 0 aliphatic carbocycles. The molecular formula is C38H38N4O6. The quantitative estimate of drug-likeness (QED) is 0.176. The second-order valence-electron chi connectivity index (χ2n) is 10.3. The predicted molar refractivity (Wildman–Crippen MR) is 176 cm³/mol. The second-order valence-corrected chi connectivity index (χ2v) is 10.3. The van der Waals surface area contributed by atoms with Gasteiger partial charge in [0.05, 0.1) is 25.0 Å². The van der Waals surface area contributed by atoms with E-state index in [1.807, 2.05) is 36.4 Å². The molecule has 0 aliphatic heterocycles. The predicted octanol–water partition coefficient (Wildman–Crippen LogP) is 1.13. The third kappa shape index (κ3) is 11.7. The highest BCUT2D eigenvalue weighted by Gasteiger charge is 2.20. The highest BCUT2D eigenvalue weighted by molar-refractivity contribution is 6.11. The van der Waals surface area contributed by atoms with Crippen molar-refractivity contribution in [1.29, 1.82) is 0 Å². The summed E-state index contributed by atoms with van der Waals surface area (Å²) in [5.41, 5.74) is 9.52. The van der Waals surface area contributed by atoms with Crippen LogP contribution in [0, 0.1) is 0 Å². The van der Waals surface area contributed by atoms with Crippen LogP contribution >= 0.6 is 0 Å². The van der Waals surface area contributed by atoms with Crippen LogP contribution in [0.3, 0.4) is 0 Å². The normalized spacial score (nSPS) is 9.88. The van der Waals surface area contributed by atoms with E-state index in [0.29, 0.717) is 0 Å². The number of nitrogens with one attached hydrogen (secondary N) is 2. The number of rotatable bonds is 10. The number of hydrogen-bond donors (Lipinski definition) is 4. The highest BCUT2D eigenvalue weighted by atomic mass is 16.4. The highest BCUT2D eigenvalue weighted by Crippen LogP contribution is 2.18. The van der Waals surface area contributed by atoms with Gasteiger partial charge in [0, 0.05) is 46.5 Å². The first-order valence-corrected chi connectivity index (χ1v) is 15.1. The maximum absolute atomic E-state index is 12.6. The van der Waals surface area contributed by atoms with E-state index in [1.165, 1.54) is 11.1 Å². The van der Waals surface area contributed by atoms with Gasteiger partial charge in [0.25, 0.3) is 11.8 Å². The van der Waals surface area contributed by atoms with Crippen LogP contribution in [0.5, 0.6) is 0 Å². The van der Waals surface area contributed by atoms with Crippen molar-refractivity contribution in [2.75, 3.05) is 0 Å². The zero-order chi connectivity index (χ0) is 34.7. The zero-order valence-corrected chi connectivity index (χ0v) is 26.4. The van der Waals surface area contributed by atoms with Crippen molar-refractivity contribution in [3.63, 3.8) is 0 Å². The van der Waals surface area contributed by atoms with Crippen LogP contribution in [-0.2, 0) is 26.2 Å². The maximum Gasteiger partial charge on any atom is 0.252 e. The number of carboxylic acid groups (broad SMARTS) is 2. The van der Waals surface area contributed by atoms with Crippen LogP contribution in [0.1, 0.15) is 63.7 Å². The molecule has 0 fully saturated rings. The molecule has 246 valence electrons. The average Bonchev–Trinajstić information content (AvgIpc) is 3.14. The minimum absolute atomic E-state index is 0.0894. The molecule has 0 heterocycles. The lowest BCUT2D eigenvalue weighted by atomic mass is 9.96. The molecule has 2 amide bonds. The van der Waals surface area contributed by atoms with Crippen molar-refractivity contribution in [3.8, 4) is 0 Å². The van der Waals surface area contributed by atoms with E-state index in [2.05, 4.69) is 46.4 Å². The van der Waals surface area contributed by atoms with Crippen molar-refractivity contribution in [2.24, 2.45) is 0 Å². The summed E-state index contributed by atoms with van der Waals surface area (Å²) < 4.78 is 0. The summed E-state index contributed by atoms with van der Waals surface area (Å²) in [4.78, 5) is 48.5. The van der Waals surface area contributed by atoms with E-state index < -0.39 is 46.0 Å². The van der Waals surface area contributed by atoms with Gasteiger partial charge in [-0.2, -0.15) is 0 Å². The fraction of sp³-hybridized carbons (Fsp3) is 0.105. The standard InChI is InChI=1S/C24H20N2O6.2C7H9N/c27-21(25-13-15-7-3-1-4-8-15)17-11-20(24(31)32)18(12-19(17)23(29)30)22(28)26-14-16-9-5-2-6-10-16;2*8-6-7-4-2-1-3-5-7/h1-12H,13-14H2,(H,25,27)(H,26,28)(H,29,30)(H,31,32);2*1-5H,6,8H2. The van der Waals surface area contributed by atoms with E-state index in [-0.39, 0.29) is 13.1 Å². The third-order valence-corrected chi connectivity index (χ3v) is 6.94. The van der Waals surface area contributed by atoms with Gasteiger partial charge in [0.2, 0.25) is 0 Å².